The fourth-order valence-corrected chi connectivity index (χ4v) is 2.80. The first kappa shape index (κ1) is 21.9. The van der Waals surface area contributed by atoms with E-state index in [1.807, 2.05) is 6.07 Å². The number of hydrogen-bond donors (Lipinski definition) is 2. The number of nitrogens with zero attached hydrogens (tertiary/aromatic N) is 1. The maximum atomic E-state index is 5.91. The maximum Gasteiger partial charge on any atom is 0.190 e. The lowest BCUT2D eigenvalue weighted by Crippen LogP contribution is -2.38. The molecule has 7 heteroatoms. The number of thiophene rings is 1. The maximum absolute atomic E-state index is 5.91. The topological polar surface area (TPSA) is 45.7 Å². The van der Waals surface area contributed by atoms with Gasteiger partial charge in [0.05, 0.1) is 4.34 Å². The summed E-state index contributed by atoms with van der Waals surface area (Å²) in [7, 11) is 1.78. The second-order valence-corrected chi connectivity index (χ2v) is 7.00. The molecule has 0 aliphatic carbocycles. The van der Waals surface area contributed by atoms with Gasteiger partial charge in [-0.1, -0.05) is 25.4 Å². The Morgan fingerprint density at radius 1 is 1.32 bits per heavy atom. The minimum atomic E-state index is 0. The van der Waals surface area contributed by atoms with E-state index in [4.69, 9.17) is 16.3 Å². The van der Waals surface area contributed by atoms with E-state index >= 15 is 0 Å². The molecule has 4 nitrogen and oxygen atoms in total. The Balaban J connectivity index is 0.00000441. The fraction of sp³-hybridized carbons (Fsp3) is 0.667. The van der Waals surface area contributed by atoms with Crippen LogP contribution in [0.25, 0.3) is 0 Å². The molecule has 0 aliphatic rings. The van der Waals surface area contributed by atoms with Gasteiger partial charge >= 0.3 is 0 Å². The second kappa shape index (κ2) is 13.4. The number of ether oxygens (including phenoxy) is 1. The molecule has 2 N–H and O–H groups in total. The van der Waals surface area contributed by atoms with Crippen molar-refractivity contribution >= 4 is 52.9 Å². The predicted molar refractivity (Wildman–Crippen MR) is 108 cm³/mol. The fourth-order valence-electron chi connectivity index (χ4n) is 1.71. The summed E-state index contributed by atoms with van der Waals surface area (Å²) in [6, 6.07) is 4.00. The number of guanidine groups is 1. The molecule has 0 bridgehead atoms. The molecule has 1 rings (SSSR count). The largest absolute Gasteiger partial charge is 0.381 e. The van der Waals surface area contributed by atoms with E-state index in [1.165, 1.54) is 4.88 Å². The first-order chi connectivity index (χ1) is 10.1. The Bertz CT molecular complexity index is 427. The average molecular weight is 460 g/mol. The molecular weight excluding hydrogens is 433 g/mol. The van der Waals surface area contributed by atoms with Crippen LogP contribution in [0.5, 0.6) is 0 Å². The average Bonchev–Trinajstić information content (AvgIpc) is 2.86. The van der Waals surface area contributed by atoms with Gasteiger partial charge in [-0.05, 0) is 30.9 Å². The summed E-state index contributed by atoms with van der Waals surface area (Å²) >= 11 is 7.53. The highest BCUT2D eigenvalue weighted by Crippen LogP contribution is 2.21. The lowest BCUT2D eigenvalue weighted by atomic mass is 10.2. The molecule has 128 valence electrons. The van der Waals surface area contributed by atoms with Gasteiger partial charge in [0.25, 0.3) is 0 Å². The van der Waals surface area contributed by atoms with Gasteiger partial charge in [-0.2, -0.15) is 0 Å². The molecule has 0 spiro atoms. The second-order valence-electron chi connectivity index (χ2n) is 5.20. The van der Waals surface area contributed by atoms with Crippen molar-refractivity contribution in [3.05, 3.63) is 21.3 Å². The molecule has 0 saturated heterocycles. The van der Waals surface area contributed by atoms with Gasteiger partial charge < -0.3 is 15.4 Å². The minimum Gasteiger partial charge on any atom is -0.381 e. The van der Waals surface area contributed by atoms with E-state index in [1.54, 1.807) is 18.4 Å². The van der Waals surface area contributed by atoms with E-state index < -0.39 is 0 Å². The van der Waals surface area contributed by atoms with Gasteiger partial charge in [-0.15, -0.1) is 35.3 Å². The molecule has 0 aliphatic heterocycles. The molecule has 1 aromatic rings. The van der Waals surface area contributed by atoms with Gasteiger partial charge in [0.15, 0.2) is 5.96 Å². The summed E-state index contributed by atoms with van der Waals surface area (Å²) in [6.07, 6.45) is 1.93. The van der Waals surface area contributed by atoms with E-state index in [9.17, 15) is 0 Å². The van der Waals surface area contributed by atoms with Crippen molar-refractivity contribution in [2.24, 2.45) is 10.9 Å². The zero-order valence-corrected chi connectivity index (χ0v) is 17.4. The molecule has 0 saturated carbocycles. The Kier molecular flexibility index (Phi) is 13.4. The van der Waals surface area contributed by atoms with Gasteiger partial charge in [-0.25, -0.2) is 0 Å². The zero-order chi connectivity index (χ0) is 15.5. The summed E-state index contributed by atoms with van der Waals surface area (Å²) in [6.45, 7) is 7.64. The third-order valence-electron chi connectivity index (χ3n) is 2.73. The molecule has 1 aromatic heterocycles. The molecule has 0 aromatic carbocycles. The quantitative estimate of drug-likeness (QED) is 0.256. The lowest BCUT2D eigenvalue weighted by Gasteiger charge is -2.12. The van der Waals surface area contributed by atoms with Gasteiger partial charge in [0.2, 0.25) is 0 Å². The highest BCUT2D eigenvalue weighted by atomic mass is 127. The molecule has 0 atom stereocenters. The first-order valence-electron chi connectivity index (χ1n) is 7.38. The van der Waals surface area contributed by atoms with Crippen LogP contribution in [0.3, 0.4) is 0 Å². The lowest BCUT2D eigenvalue weighted by molar-refractivity contribution is 0.108. The van der Waals surface area contributed by atoms with Crippen molar-refractivity contribution < 1.29 is 4.74 Å². The monoisotopic (exact) mass is 459 g/mol. The Labute approximate surface area is 160 Å². The zero-order valence-electron chi connectivity index (χ0n) is 13.5. The summed E-state index contributed by atoms with van der Waals surface area (Å²) in [4.78, 5) is 5.48. The van der Waals surface area contributed by atoms with E-state index in [2.05, 4.69) is 35.5 Å². The summed E-state index contributed by atoms with van der Waals surface area (Å²) in [5, 5.41) is 6.58. The predicted octanol–water partition coefficient (Wildman–Crippen LogP) is 3.79. The molecule has 0 radical (unpaired) electrons. The van der Waals surface area contributed by atoms with Crippen LogP contribution in [0.1, 0.15) is 25.1 Å². The van der Waals surface area contributed by atoms with Crippen LogP contribution >= 0.6 is 46.9 Å². The van der Waals surface area contributed by atoms with Crippen molar-refractivity contribution in [3.63, 3.8) is 0 Å². The van der Waals surface area contributed by atoms with Crippen molar-refractivity contribution in [1.29, 1.82) is 0 Å². The minimum absolute atomic E-state index is 0. The third-order valence-corrected chi connectivity index (χ3v) is 4.02. The van der Waals surface area contributed by atoms with E-state index in [0.29, 0.717) is 5.92 Å². The van der Waals surface area contributed by atoms with Crippen LogP contribution in [-0.4, -0.2) is 39.3 Å². The van der Waals surface area contributed by atoms with Crippen LogP contribution in [-0.2, 0) is 11.2 Å². The smallest absolute Gasteiger partial charge is 0.190 e. The summed E-state index contributed by atoms with van der Waals surface area (Å²) in [5.74, 6) is 1.43. The Hall–Kier alpha value is -0.0500. The van der Waals surface area contributed by atoms with Gasteiger partial charge in [-0.3, -0.25) is 4.99 Å². The van der Waals surface area contributed by atoms with Crippen LogP contribution in [0.2, 0.25) is 4.34 Å². The van der Waals surface area contributed by atoms with Gasteiger partial charge in [0, 0.05) is 38.2 Å². The Morgan fingerprint density at radius 2 is 2.05 bits per heavy atom. The number of aliphatic imine (C=N–C) groups is 1. The van der Waals surface area contributed by atoms with Crippen LogP contribution in [0, 0.1) is 5.92 Å². The molecule has 1 heterocycles. The van der Waals surface area contributed by atoms with E-state index in [0.717, 1.165) is 49.4 Å². The van der Waals surface area contributed by atoms with Crippen LogP contribution < -0.4 is 10.6 Å². The first-order valence-corrected chi connectivity index (χ1v) is 8.57. The van der Waals surface area contributed by atoms with Crippen molar-refractivity contribution in [1.82, 2.24) is 10.6 Å². The number of nitrogens with one attached hydrogen (secondary N) is 2. The standard InChI is InChI=1S/C15H26ClN3OS.HI/c1-12(2)11-20-10-4-8-18-15(17-3)19-9-7-13-5-6-14(16)21-13;/h5-6,12H,4,7-11H2,1-3H3,(H2,17,18,19);1H. The van der Waals surface area contributed by atoms with Crippen LogP contribution in [0.15, 0.2) is 17.1 Å². The molecule has 0 amide bonds. The van der Waals surface area contributed by atoms with Crippen molar-refractivity contribution in [2.75, 3.05) is 33.4 Å². The third kappa shape index (κ3) is 10.6. The van der Waals surface area contributed by atoms with Crippen molar-refractivity contribution in [2.45, 2.75) is 26.7 Å². The molecular formula is C15H27ClIN3OS. The highest BCUT2D eigenvalue weighted by molar-refractivity contribution is 14.0. The highest BCUT2D eigenvalue weighted by Gasteiger charge is 2.00. The SMILES string of the molecule is CN=C(NCCCOCC(C)C)NCCc1ccc(Cl)s1.I. The number of hydrogen-bond acceptors (Lipinski definition) is 3. The van der Waals surface area contributed by atoms with Crippen molar-refractivity contribution in [3.8, 4) is 0 Å². The molecule has 22 heavy (non-hydrogen) atoms. The summed E-state index contributed by atoms with van der Waals surface area (Å²) in [5.41, 5.74) is 0. The van der Waals surface area contributed by atoms with Crippen LogP contribution in [0.4, 0.5) is 0 Å². The summed E-state index contributed by atoms with van der Waals surface area (Å²) < 4.78 is 6.38. The number of halogens is 2. The molecule has 0 unspecified atom stereocenters. The Morgan fingerprint density at radius 3 is 2.64 bits per heavy atom. The van der Waals surface area contributed by atoms with E-state index in [-0.39, 0.29) is 24.0 Å². The van der Waals surface area contributed by atoms with Gasteiger partial charge in [0.1, 0.15) is 0 Å². The number of rotatable bonds is 9. The molecule has 0 fully saturated rings. The normalized spacial score (nSPS) is 11.4.